The van der Waals surface area contributed by atoms with E-state index < -0.39 is 11.5 Å². The summed E-state index contributed by atoms with van der Waals surface area (Å²) in [7, 11) is 0. The highest BCUT2D eigenvalue weighted by molar-refractivity contribution is 6.07. The van der Waals surface area contributed by atoms with Gasteiger partial charge in [0.2, 0.25) is 0 Å². The van der Waals surface area contributed by atoms with E-state index in [0.29, 0.717) is 31.6 Å². The van der Waals surface area contributed by atoms with Gasteiger partial charge in [0.1, 0.15) is 0 Å². The number of nitrogens with one attached hydrogen (secondary N) is 1. The molecule has 6 nitrogen and oxygen atoms in total. The van der Waals surface area contributed by atoms with Crippen LogP contribution in [-0.2, 0) is 9.53 Å². The largest absolute Gasteiger partial charge is 0.481 e. The van der Waals surface area contributed by atoms with Crippen LogP contribution in [0.25, 0.3) is 10.8 Å². The molecule has 1 amide bonds. The van der Waals surface area contributed by atoms with E-state index in [0.717, 1.165) is 10.8 Å². The molecule has 0 bridgehead atoms. The number of benzene rings is 1. The monoisotopic (exact) mass is 314 g/mol. The number of hydrogen-bond donors (Lipinski definition) is 2. The molecule has 2 heterocycles. The Labute approximate surface area is 133 Å². The molecule has 6 heteroatoms. The zero-order valence-corrected chi connectivity index (χ0v) is 12.6. The maximum atomic E-state index is 12.7. The van der Waals surface area contributed by atoms with Crippen LogP contribution in [0.15, 0.2) is 36.7 Å². The summed E-state index contributed by atoms with van der Waals surface area (Å²) in [4.78, 5) is 28.0. The Hall–Kier alpha value is -2.47. The van der Waals surface area contributed by atoms with Gasteiger partial charge in [-0.3, -0.25) is 14.6 Å². The van der Waals surface area contributed by atoms with Crippen LogP contribution >= 0.6 is 0 Å². The molecule has 0 radical (unpaired) electrons. The predicted molar refractivity (Wildman–Crippen MR) is 84.2 cm³/mol. The number of nitrogens with zero attached hydrogens (tertiary/aromatic N) is 1. The first-order valence-electron chi connectivity index (χ1n) is 7.54. The number of carbonyl (C=O) groups is 2. The standard InChI is InChI=1S/C17H18N2O4/c20-15(21)10-17(5-8-23-9-6-17)19-16(22)13-3-1-2-12-4-7-18-11-14(12)13/h1-4,7,11H,5-6,8-10H2,(H,19,22)(H,20,21). The lowest BCUT2D eigenvalue weighted by Gasteiger charge is -2.36. The average molecular weight is 314 g/mol. The Balaban J connectivity index is 1.90. The van der Waals surface area contributed by atoms with Gasteiger partial charge in [0.15, 0.2) is 0 Å². The normalized spacial score (nSPS) is 16.9. The second kappa shape index (κ2) is 6.34. The molecule has 1 aliphatic rings. The van der Waals surface area contributed by atoms with Gasteiger partial charge in [-0.1, -0.05) is 12.1 Å². The smallest absolute Gasteiger partial charge is 0.305 e. The minimum absolute atomic E-state index is 0.106. The van der Waals surface area contributed by atoms with E-state index >= 15 is 0 Å². The zero-order valence-electron chi connectivity index (χ0n) is 12.6. The number of rotatable bonds is 4. The van der Waals surface area contributed by atoms with E-state index in [2.05, 4.69) is 10.3 Å². The fraction of sp³-hybridized carbons (Fsp3) is 0.353. The van der Waals surface area contributed by atoms with E-state index in [1.165, 1.54) is 0 Å². The summed E-state index contributed by atoms with van der Waals surface area (Å²) < 4.78 is 5.31. The van der Waals surface area contributed by atoms with Crippen molar-refractivity contribution in [2.75, 3.05) is 13.2 Å². The highest BCUT2D eigenvalue weighted by Gasteiger charge is 2.36. The Morgan fingerprint density at radius 1 is 1.26 bits per heavy atom. The number of fused-ring (bicyclic) bond motifs is 1. The molecule has 1 aromatic carbocycles. The highest BCUT2D eigenvalue weighted by Crippen LogP contribution is 2.26. The molecule has 1 fully saturated rings. The van der Waals surface area contributed by atoms with Crippen LogP contribution < -0.4 is 5.32 Å². The molecule has 0 atom stereocenters. The number of aliphatic carboxylic acids is 1. The van der Waals surface area contributed by atoms with Crippen LogP contribution in [0.4, 0.5) is 0 Å². The van der Waals surface area contributed by atoms with Gasteiger partial charge >= 0.3 is 5.97 Å². The molecule has 1 aliphatic heterocycles. The third kappa shape index (κ3) is 3.32. The number of pyridine rings is 1. The second-order valence-electron chi connectivity index (χ2n) is 5.82. The molecule has 2 N–H and O–H groups in total. The van der Waals surface area contributed by atoms with E-state index in [9.17, 15) is 14.7 Å². The van der Waals surface area contributed by atoms with Crippen molar-refractivity contribution in [2.24, 2.45) is 0 Å². The Bertz CT molecular complexity index is 733. The first kappa shape index (κ1) is 15.4. The molecule has 0 spiro atoms. The third-order valence-electron chi connectivity index (χ3n) is 4.25. The molecule has 0 saturated carbocycles. The highest BCUT2D eigenvalue weighted by atomic mass is 16.5. The maximum absolute atomic E-state index is 12.7. The van der Waals surface area contributed by atoms with Gasteiger partial charge in [0.25, 0.3) is 5.91 Å². The lowest BCUT2D eigenvalue weighted by atomic mass is 9.86. The molecule has 1 aromatic heterocycles. The summed E-state index contributed by atoms with van der Waals surface area (Å²) in [6.07, 6.45) is 4.21. The number of carboxylic acid groups (broad SMARTS) is 1. The zero-order chi connectivity index (χ0) is 16.3. The third-order valence-corrected chi connectivity index (χ3v) is 4.25. The topological polar surface area (TPSA) is 88.5 Å². The van der Waals surface area contributed by atoms with Crippen LogP contribution in [-0.4, -0.2) is 40.7 Å². The number of aromatic nitrogens is 1. The lowest BCUT2D eigenvalue weighted by Crippen LogP contribution is -2.53. The van der Waals surface area contributed by atoms with Crippen LogP contribution in [0.2, 0.25) is 0 Å². The van der Waals surface area contributed by atoms with Gasteiger partial charge in [0, 0.05) is 36.6 Å². The van der Waals surface area contributed by atoms with E-state index in [-0.39, 0.29) is 12.3 Å². The number of ether oxygens (including phenoxy) is 1. The van der Waals surface area contributed by atoms with Crippen LogP contribution in [0.5, 0.6) is 0 Å². The van der Waals surface area contributed by atoms with Gasteiger partial charge in [-0.25, -0.2) is 0 Å². The second-order valence-corrected chi connectivity index (χ2v) is 5.82. The van der Waals surface area contributed by atoms with Gasteiger partial charge in [-0.15, -0.1) is 0 Å². The molecule has 0 aliphatic carbocycles. The van der Waals surface area contributed by atoms with Crippen molar-refractivity contribution in [3.05, 3.63) is 42.2 Å². The molecule has 120 valence electrons. The van der Waals surface area contributed by atoms with Crippen molar-refractivity contribution in [1.82, 2.24) is 10.3 Å². The maximum Gasteiger partial charge on any atom is 0.305 e. The number of carboxylic acids is 1. The van der Waals surface area contributed by atoms with Crippen molar-refractivity contribution in [1.29, 1.82) is 0 Å². The summed E-state index contributed by atoms with van der Waals surface area (Å²) in [5.74, 6) is -1.20. The van der Waals surface area contributed by atoms with Gasteiger partial charge in [-0.2, -0.15) is 0 Å². The minimum atomic E-state index is -0.924. The fourth-order valence-electron chi connectivity index (χ4n) is 3.02. The number of hydrogen-bond acceptors (Lipinski definition) is 4. The summed E-state index contributed by atoms with van der Waals surface area (Å²) >= 11 is 0. The Morgan fingerprint density at radius 2 is 2.04 bits per heavy atom. The summed E-state index contributed by atoms with van der Waals surface area (Å²) in [5, 5.41) is 13.8. The van der Waals surface area contributed by atoms with Gasteiger partial charge in [0.05, 0.1) is 12.0 Å². The van der Waals surface area contributed by atoms with Gasteiger partial charge < -0.3 is 15.2 Å². The summed E-state index contributed by atoms with van der Waals surface area (Å²) in [6, 6.07) is 7.29. The molecule has 1 saturated heterocycles. The predicted octanol–water partition coefficient (Wildman–Crippen LogP) is 1.99. The Morgan fingerprint density at radius 3 is 2.78 bits per heavy atom. The van der Waals surface area contributed by atoms with Crippen LogP contribution in [0, 0.1) is 0 Å². The lowest BCUT2D eigenvalue weighted by molar-refractivity contribution is -0.139. The van der Waals surface area contributed by atoms with Crippen LogP contribution in [0.3, 0.4) is 0 Å². The first-order chi connectivity index (χ1) is 11.1. The molecular weight excluding hydrogens is 296 g/mol. The van der Waals surface area contributed by atoms with Crippen molar-refractivity contribution in [2.45, 2.75) is 24.8 Å². The van der Waals surface area contributed by atoms with Gasteiger partial charge in [-0.05, 0) is 30.4 Å². The SMILES string of the molecule is O=C(O)CC1(NC(=O)c2cccc3ccncc23)CCOCC1. The van der Waals surface area contributed by atoms with Crippen molar-refractivity contribution >= 4 is 22.6 Å². The van der Waals surface area contributed by atoms with E-state index in [1.54, 1.807) is 18.5 Å². The summed E-state index contributed by atoms with van der Waals surface area (Å²) in [5.41, 5.74) is -0.252. The number of carbonyl (C=O) groups excluding carboxylic acids is 1. The first-order valence-corrected chi connectivity index (χ1v) is 7.54. The molecule has 0 unspecified atom stereocenters. The van der Waals surface area contributed by atoms with Crippen molar-refractivity contribution in [3.63, 3.8) is 0 Å². The molecular formula is C17H18N2O4. The number of amides is 1. The van der Waals surface area contributed by atoms with E-state index in [1.807, 2.05) is 18.2 Å². The molecule has 3 rings (SSSR count). The average Bonchev–Trinajstić information content (AvgIpc) is 2.54. The summed E-state index contributed by atoms with van der Waals surface area (Å²) in [6.45, 7) is 0.898. The molecule has 2 aromatic rings. The van der Waals surface area contributed by atoms with Crippen molar-refractivity contribution in [3.8, 4) is 0 Å². The Kier molecular flexibility index (Phi) is 4.25. The fourth-order valence-corrected chi connectivity index (χ4v) is 3.02. The van der Waals surface area contributed by atoms with Crippen molar-refractivity contribution < 1.29 is 19.4 Å². The van der Waals surface area contributed by atoms with Crippen LogP contribution in [0.1, 0.15) is 29.6 Å². The quantitative estimate of drug-likeness (QED) is 0.901. The minimum Gasteiger partial charge on any atom is -0.481 e. The van der Waals surface area contributed by atoms with E-state index in [4.69, 9.17) is 4.74 Å². The molecule has 23 heavy (non-hydrogen) atoms.